The van der Waals surface area contributed by atoms with Gasteiger partial charge < -0.3 is 15.4 Å². The molecule has 2 N–H and O–H groups in total. The molecule has 1 aromatic rings. The fraction of sp³-hybridized carbons (Fsp3) is 0.571. The molecular formula is C14H22Cl3N3O2. The Morgan fingerprint density at radius 2 is 2.05 bits per heavy atom. The van der Waals surface area contributed by atoms with E-state index in [9.17, 15) is 4.79 Å². The van der Waals surface area contributed by atoms with Crippen molar-refractivity contribution in [3.8, 4) is 0 Å². The molecule has 0 aliphatic carbocycles. The van der Waals surface area contributed by atoms with Crippen molar-refractivity contribution in [2.75, 3.05) is 26.2 Å². The van der Waals surface area contributed by atoms with Crippen molar-refractivity contribution in [1.82, 2.24) is 9.88 Å². The summed E-state index contributed by atoms with van der Waals surface area (Å²) in [5.74, 6) is -0.0397. The van der Waals surface area contributed by atoms with Crippen LogP contribution < -0.4 is 5.73 Å². The highest BCUT2D eigenvalue weighted by Gasteiger charge is 2.24. The molecule has 2 heterocycles. The van der Waals surface area contributed by atoms with Crippen LogP contribution in [0.4, 0.5) is 0 Å². The summed E-state index contributed by atoms with van der Waals surface area (Å²) in [6, 6.07) is 3.35. The van der Waals surface area contributed by atoms with Crippen molar-refractivity contribution in [2.24, 2.45) is 5.73 Å². The molecule has 1 aromatic heterocycles. The number of carbonyl (C=O) groups is 1. The van der Waals surface area contributed by atoms with Crippen LogP contribution in [0.25, 0.3) is 0 Å². The van der Waals surface area contributed by atoms with E-state index in [2.05, 4.69) is 4.98 Å². The molecule has 0 spiro atoms. The third kappa shape index (κ3) is 6.26. The molecule has 5 nitrogen and oxygen atoms in total. The van der Waals surface area contributed by atoms with Gasteiger partial charge in [0.25, 0.3) is 5.91 Å². The van der Waals surface area contributed by atoms with Crippen LogP contribution in [0.15, 0.2) is 18.3 Å². The topological polar surface area (TPSA) is 68.5 Å². The lowest BCUT2D eigenvalue weighted by molar-refractivity contribution is 0.00829. The van der Waals surface area contributed by atoms with Crippen LogP contribution in [0.5, 0.6) is 0 Å². The zero-order valence-electron chi connectivity index (χ0n) is 12.2. The van der Waals surface area contributed by atoms with E-state index >= 15 is 0 Å². The highest BCUT2D eigenvalue weighted by molar-refractivity contribution is 6.30. The number of halogens is 3. The highest BCUT2D eigenvalue weighted by Crippen LogP contribution is 2.16. The minimum Gasteiger partial charge on any atom is -0.378 e. The molecule has 0 saturated carbocycles. The standard InChI is InChI=1S/C14H20ClN3O2.2ClH/c15-11-2-3-13(17-10-11)14(19)18-7-4-12(5-8-18)20-9-1-6-16;;/h2-3,10,12H,1,4-9,16H2;2*1H. The predicted molar refractivity (Wildman–Crippen MR) is 92.3 cm³/mol. The number of piperidine rings is 1. The van der Waals surface area contributed by atoms with Crippen molar-refractivity contribution >= 4 is 42.3 Å². The zero-order chi connectivity index (χ0) is 14.4. The summed E-state index contributed by atoms with van der Waals surface area (Å²) in [4.78, 5) is 18.1. The van der Waals surface area contributed by atoms with Gasteiger partial charge in [-0.15, -0.1) is 24.8 Å². The molecule has 0 unspecified atom stereocenters. The van der Waals surface area contributed by atoms with Crippen molar-refractivity contribution < 1.29 is 9.53 Å². The van der Waals surface area contributed by atoms with E-state index in [1.165, 1.54) is 6.20 Å². The van der Waals surface area contributed by atoms with E-state index < -0.39 is 0 Å². The number of aromatic nitrogens is 1. The first-order valence-corrected chi connectivity index (χ1v) is 7.31. The fourth-order valence-electron chi connectivity index (χ4n) is 2.22. The van der Waals surface area contributed by atoms with Gasteiger partial charge in [0.1, 0.15) is 5.69 Å². The van der Waals surface area contributed by atoms with Gasteiger partial charge in [-0.1, -0.05) is 11.6 Å². The zero-order valence-corrected chi connectivity index (χ0v) is 14.6. The number of pyridine rings is 1. The SMILES string of the molecule is Cl.Cl.NCCCOC1CCN(C(=O)c2ccc(Cl)cn2)CC1. The second-order valence-corrected chi connectivity index (χ2v) is 5.30. The van der Waals surface area contributed by atoms with Crippen LogP contribution >= 0.6 is 36.4 Å². The Labute approximate surface area is 148 Å². The van der Waals surface area contributed by atoms with Crippen LogP contribution in [-0.4, -0.2) is 48.1 Å². The first kappa shape index (κ1) is 21.4. The Morgan fingerprint density at radius 1 is 1.36 bits per heavy atom. The van der Waals surface area contributed by atoms with Crippen molar-refractivity contribution in [1.29, 1.82) is 0 Å². The molecule has 2 rings (SSSR count). The number of amides is 1. The molecule has 0 atom stereocenters. The van der Waals surface area contributed by atoms with Gasteiger partial charge in [-0.3, -0.25) is 4.79 Å². The Morgan fingerprint density at radius 3 is 2.59 bits per heavy atom. The molecule has 8 heteroatoms. The second kappa shape index (κ2) is 11.0. The third-order valence-corrected chi connectivity index (χ3v) is 3.60. The van der Waals surface area contributed by atoms with Gasteiger partial charge in [0.2, 0.25) is 0 Å². The molecule has 1 aliphatic rings. The van der Waals surface area contributed by atoms with Crippen LogP contribution in [0.1, 0.15) is 29.8 Å². The average Bonchev–Trinajstić information content (AvgIpc) is 2.48. The van der Waals surface area contributed by atoms with Gasteiger partial charge in [0.15, 0.2) is 0 Å². The van der Waals surface area contributed by atoms with Crippen molar-refractivity contribution in [3.63, 3.8) is 0 Å². The average molecular weight is 371 g/mol. The van der Waals surface area contributed by atoms with Gasteiger partial charge in [-0.25, -0.2) is 4.98 Å². The number of hydrogen-bond donors (Lipinski definition) is 1. The number of likely N-dealkylation sites (tertiary alicyclic amines) is 1. The van der Waals surface area contributed by atoms with Crippen LogP contribution in [0.2, 0.25) is 5.02 Å². The largest absolute Gasteiger partial charge is 0.378 e. The first-order valence-electron chi connectivity index (χ1n) is 6.93. The lowest BCUT2D eigenvalue weighted by Crippen LogP contribution is -2.41. The number of hydrogen-bond acceptors (Lipinski definition) is 4. The first-order chi connectivity index (χ1) is 9.70. The fourth-order valence-corrected chi connectivity index (χ4v) is 2.34. The lowest BCUT2D eigenvalue weighted by atomic mass is 10.1. The van der Waals surface area contributed by atoms with E-state index in [0.717, 1.165) is 19.3 Å². The molecule has 0 bridgehead atoms. The maximum absolute atomic E-state index is 12.2. The predicted octanol–water partition coefficient (Wildman–Crippen LogP) is 2.55. The summed E-state index contributed by atoms with van der Waals surface area (Å²) in [7, 11) is 0. The number of carbonyl (C=O) groups excluding carboxylic acids is 1. The van der Waals surface area contributed by atoms with Gasteiger partial charge in [-0.05, 0) is 37.9 Å². The maximum atomic E-state index is 12.2. The molecule has 0 radical (unpaired) electrons. The van der Waals surface area contributed by atoms with E-state index in [1.54, 1.807) is 12.1 Å². The minimum atomic E-state index is -0.0397. The van der Waals surface area contributed by atoms with Crippen molar-refractivity contribution in [2.45, 2.75) is 25.4 Å². The summed E-state index contributed by atoms with van der Waals surface area (Å²) in [5, 5.41) is 0.536. The summed E-state index contributed by atoms with van der Waals surface area (Å²) in [5.41, 5.74) is 5.87. The van der Waals surface area contributed by atoms with E-state index in [1.807, 2.05) is 4.90 Å². The molecule has 1 aliphatic heterocycles. The second-order valence-electron chi connectivity index (χ2n) is 4.87. The van der Waals surface area contributed by atoms with E-state index in [-0.39, 0.29) is 36.8 Å². The normalized spacial score (nSPS) is 14.9. The Balaban J connectivity index is 0.00000220. The molecule has 1 saturated heterocycles. The molecule has 0 aromatic carbocycles. The van der Waals surface area contributed by atoms with Crippen LogP contribution in [0, 0.1) is 0 Å². The number of ether oxygens (including phenoxy) is 1. The number of nitrogens with two attached hydrogens (primary N) is 1. The molecule has 22 heavy (non-hydrogen) atoms. The smallest absolute Gasteiger partial charge is 0.272 e. The monoisotopic (exact) mass is 369 g/mol. The Hall–Kier alpha value is -0.590. The lowest BCUT2D eigenvalue weighted by Gasteiger charge is -2.31. The summed E-state index contributed by atoms with van der Waals surface area (Å²) in [6.07, 6.45) is 4.35. The Bertz CT molecular complexity index is 437. The quantitative estimate of drug-likeness (QED) is 0.809. The molecule has 1 amide bonds. The number of rotatable bonds is 5. The van der Waals surface area contributed by atoms with Crippen LogP contribution in [-0.2, 0) is 4.74 Å². The number of nitrogens with zero attached hydrogens (tertiary/aromatic N) is 2. The maximum Gasteiger partial charge on any atom is 0.272 e. The minimum absolute atomic E-state index is 0. The Kier molecular flexibility index (Phi) is 10.7. The highest BCUT2D eigenvalue weighted by atomic mass is 35.5. The summed E-state index contributed by atoms with van der Waals surface area (Å²) in [6.45, 7) is 2.76. The van der Waals surface area contributed by atoms with Gasteiger partial charge in [-0.2, -0.15) is 0 Å². The van der Waals surface area contributed by atoms with Crippen LogP contribution in [0.3, 0.4) is 0 Å². The van der Waals surface area contributed by atoms with E-state index in [0.29, 0.717) is 37.0 Å². The van der Waals surface area contributed by atoms with Gasteiger partial charge in [0.05, 0.1) is 11.1 Å². The van der Waals surface area contributed by atoms with Gasteiger partial charge >= 0.3 is 0 Å². The van der Waals surface area contributed by atoms with Gasteiger partial charge in [0, 0.05) is 25.9 Å². The summed E-state index contributed by atoms with van der Waals surface area (Å²) < 4.78 is 5.72. The summed E-state index contributed by atoms with van der Waals surface area (Å²) >= 11 is 5.77. The molecule has 126 valence electrons. The van der Waals surface area contributed by atoms with Crippen molar-refractivity contribution in [3.05, 3.63) is 29.0 Å². The third-order valence-electron chi connectivity index (χ3n) is 3.38. The molecule has 1 fully saturated rings. The van der Waals surface area contributed by atoms with E-state index in [4.69, 9.17) is 22.1 Å². The molecular weight excluding hydrogens is 349 g/mol.